The molecule has 0 aliphatic rings. The number of hydrogen-bond acceptors (Lipinski definition) is 5. The minimum atomic E-state index is -0.751. The van der Waals surface area contributed by atoms with Crippen LogP contribution in [0.1, 0.15) is 45.6 Å². The molecule has 26 heavy (non-hydrogen) atoms. The van der Waals surface area contributed by atoms with E-state index in [0.717, 1.165) is 24.9 Å². The fourth-order valence-electron chi connectivity index (χ4n) is 2.46. The van der Waals surface area contributed by atoms with Gasteiger partial charge in [0.25, 0.3) is 0 Å². The number of carbonyl (C=O) groups excluding carboxylic acids is 1. The predicted molar refractivity (Wildman–Crippen MR) is 102 cm³/mol. The van der Waals surface area contributed by atoms with Gasteiger partial charge in [0, 0.05) is 13.0 Å². The molecule has 0 saturated carbocycles. The number of aliphatic hydroxyl groups is 1. The highest BCUT2D eigenvalue weighted by Gasteiger charge is 2.24. The number of nitrogens with zero attached hydrogens (tertiary/aromatic N) is 1. The highest BCUT2D eigenvalue weighted by molar-refractivity contribution is 5.68. The number of hydrogen-bond donors (Lipinski definition) is 3. The largest absolute Gasteiger partial charge is 0.444 e. The van der Waals surface area contributed by atoms with Crippen molar-refractivity contribution in [2.45, 2.75) is 64.2 Å². The molecule has 1 rings (SSSR count). The summed E-state index contributed by atoms with van der Waals surface area (Å²) in [7, 11) is 0. The van der Waals surface area contributed by atoms with E-state index in [4.69, 9.17) is 10.00 Å². The Morgan fingerprint density at radius 3 is 2.58 bits per heavy atom. The van der Waals surface area contributed by atoms with Crippen LogP contribution in [-0.2, 0) is 11.2 Å². The SMILES string of the molecule is CC(C)(C)OC(=O)N[C@@H](Cc1ccccc1)[C@H](O)CNCCCCC#N. The molecule has 0 radical (unpaired) electrons. The van der Waals surface area contributed by atoms with Crippen molar-refractivity contribution in [1.82, 2.24) is 10.6 Å². The normalized spacial score (nSPS) is 13.5. The van der Waals surface area contributed by atoms with Gasteiger partial charge in [-0.15, -0.1) is 0 Å². The third kappa shape index (κ3) is 10.0. The minimum absolute atomic E-state index is 0.361. The lowest BCUT2D eigenvalue weighted by molar-refractivity contribution is 0.0422. The Bertz CT molecular complexity index is 564. The maximum Gasteiger partial charge on any atom is 0.407 e. The van der Waals surface area contributed by atoms with Crippen LogP contribution in [0.3, 0.4) is 0 Å². The van der Waals surface area contributed by atoms with Gasteiger partial charge in [0.2, 0.25) is 0 Å². The van der Waals surface area contributed by atoms with Gasteiger partial charge in [-0.3, -0.25) is 0 Å². The van der Waals surface area contributed by atoms with Crippen LogP contribution >= 0.6 is 0 Å². The van der Waals surface area contributed by atoms with Crippen LogP contribution in [0.2, 0.25) is 0 Å². The van der Waals surface area contributed by atoms with Crippen molar-refractivity contribution >= 4 is 6.09 Å². The Hall–Kier alpha value is -2.10. The average Bonchev–Trinajstić information content (AvgIpc) is 2.56. The number of nitriles is 1. The minimum Gasteiger partial charge on any atom is -0.444 e. The third-order valence-corrected chi connectivity index (χ3v) is 3.71. The molecule has 144 valence electrons. The molecule has 0 saturated heterocycles. The number of benzene rings is 1. The molecule has 0 spiro atoms. The maximum absolute atomic E-state index is 12.1. The van der Waals surface area contributed by atoms with Crippen LogP contribution in [0.5, 0.6) is 0 Å². The van der Waals surface area contributed by atoms with Crippen molar-refractivity contribution in [3.8, 4) is 6.07 Å². The molecule has 0 aliphatic carbocycles. The molecule has 3 N–H and O–H groups in total. The van der Waals surface area contributed by atoms with E-state index in [9.17, 15) is 9.90 Å². The molecule has 1 aromatic carbocycles. The summed E-state index contributed by atoms with van der Waals surface area (Å²) in [5.41, 5.74) is 0.437. The van der Waals surface area contributed by atoms with E-state index >= 15 is 0 Å². The van der Waals surface area contributed by atoms with E-state index in [1.165, 1.54) is 0 Å². The van der Waals surface area contributed by atoms with Gasteiger partial charge >= 0.3 is 6.09 Å². The van der Waals surface area contributed by atoms with E-state index in [-0.39, 0.29) is 0 Å². The van der Waals surface area contributed by atoms with Crippen molar-refractivity contribution in [2.24, 2.45) is 0 Å². The summed E-state index contributed by atoms with van der Waals surface area (Å²) in [5.74, 6) is 0. The second-order valence-corrected chi connectivity index (χ2v) is 7.33. The first-order chi connectivity index (χ1) is 12.3. The Kier molecular flexibility index (Phi) is 9.71. The summed E-state index contributed by atoms with van der Waals surface area (Å²) >= 11 is 0. The van der Waals surface area contributed by atoms with E-state index in [2.05, 4.69) is 16.7 Å². The highest BCUT2D eigenvalue weighted by Crippen LogP contribution is 2.10. The summed E-state index contributed by atoms with van der Waals surface area (Å²) in [6.07, 6.45) is 1.48. The molecule has 2 atom stereocenters. The van der Waals surface area contributed by atoms with Gasteiger partial charge in [0.05, 0.1) is 18.2 Å². The van der Waals surface area contributed by atoms with Crippen molar-refractivity contribution in [3.63, 3.8) is 0 Å². The molecular weight excluding hydrogens is 330 g/mol. The van der Waals surface area contributed by atoms with E-state index in [0.29, 0.717) is 19.4 Å². The fourth-order valence-corrected chi connectivity index (χ4v) is 2.46. The number of ether oxygens (including phenoxy) is 1. The summed E-state index contributed by atoms with van der Waals surface area (Å²) in [6.45, 7) is 6.50. The van der Waals surface area contributed by atoms with Gasteiger partial charge in [-0.05, 0) is 52.1 Å². The lowest BCUT2D eigenvalue weighted by atomic mass is 10.0. The summed E-state index contributed by atoms with van der Waals surface area (Å²) in [4.78, 5) is 12.1. The Morgan fingerprint density at radius 2 is 1.96 bits per heavy atom. The molecule has 0 heterocycles. The number of aliphatic hydroxyl groups excluding tert-OH is 1. The zero-order chi connectivity index (χ0) is 19.4. The molecule has 6 nitrogen and oxygen atoms in total. The van der Waals surface area contributed by atoms with Crippen LogP contribution in [-0.4, -0.2) is 42.0 Å². The number of amides is 1. The van der Waals surface area contributed by atoms with Gasteiger partial charge in [0.15, 0.2) is 0 Å². The third-order valence-electron chi connectivity index (χ3n) is 3.71. The number of rotatable bonds is 10. The van der Waals surface area contributed by atoms with Crippen LogP contribution in [0.25, 0.3) is 0 Å². The zero-order valence-corrected chi connectivity index (χ0v) is 16.0. The lowest BCUT2D eigenvalue weighted by Gasteiger charge is -2.27. The topological polar surface area (TPSA) is 94.4 Å². The Labute approximate surface area is 156 Å². The van der Waals surface area contributed by atoms with Gasteiger partial charge in [0.1, 0.15) is 5.60 Å². The molecule has 1 aromatic rings. The number of carbonyl (C=O) groups is 1. The highest BCUT2D eigenvalue weighted by atomic mass is 16.6. The second-order valence-electron chi connectivity index (χ2n) is 7.33. The van der Waals surface area contributed by atoms with Crippen molar-refractivity contribution in [1.29, 1.82) is 5.26 Å². The van der Waals surface area contributed by atoms with Gasteiger partial charge < -0.3 is 20.5 Å². The van der Waals surface area contributed by atoms with Crippen molar-refractivity contribution in [3.05, 3.63) is 35.9 Å². The molecule has 0 unspecified atom stereocenters. The van der Waals surface area contributed by atoms with E-state index < -0.39 is 23.8 Å². The number of nitrogens with one attached hydrogen (secondary N) is 2. The maximum atomic E-state index is 12.1. The second kappa shape index (κ2) is 11.5. The van der Waals surface area contributed by atoms with Crippen molar-refractivity contribution in [2.75, 3.05) is 13.1 Å². The first-order valence-electron chi connectivity index (χ1n) is 9.11. The van der Waals surface area contributed by atoms with Crippen LogP contribution in [0.4, 0.5) is 4.79 Å². The lowest BCUT2D eigenvalue weighted by Crippen LogP contribution is -2.50. The van der Waals surface area contributed by atoms with Crippen LogP contribution < -0.4 is 10.6 Å². The van der Waals surface area contributed by atoms with Crippen LogP contribution in [0.15, 0.2) is 30.3 Å². The number of alkyl carbamates (subject to hydrolysis) is 1. The Morgan fingerprint density at radius 1 is 1.27 bits per heavy atom. The fraction of sp³-hybridized carbons (Fsp3) is 0.600. The molecular formula is C20H31N3O3. The molecule has 0 aliphatic heterocycles. The quantitative estimate of drug-likeness (QED) is 0.557. The Balaban J connectivity index is 2.58. The average molecular weight is 361 g/mol. The first kappa shape index (κ1) is 21.9. The van der Waals surface area contributed by atoms with E-state index in [1.807, 2.05) is 30.3 Å². The molecule has 0 aromatic heterocycles. The monoisotopic (exact) mass is 361 g/mol. The molecule has 1 amide bonds. The van der Waals surface area contributed by atoms with Gasteiger partial charge in [-0.1, -0.05) is 30.3 Å². The van der Waals surface area contributed by atoms with E-state index in [1.54, 1.807) is 20.8 Å². The van der Waals surface area contributed by atoms with Crippen molar-refractivity contribution < 1.29 is 14.6 Å². The first-order valence-corrected chi connectivity index (χ1v) is 9.11. The molecule has 0 bridgehead atoms. The summed E-state index contributed by atoms with van der Waals surface area (Å²) < 4.78 is 5.31. The predicted octanol–water partition coefficient (Wildman–Crippen LogP) is 2.77. The van der Waals surface area contributed by atoms with Gasteiger partial charge in [-0.2, -0.15) is 5.26 Å². The smallest absolute Gasteiger partial charge is 0.407 e. The summed E-state index contributed by atoms with van der Waals surface area (Å²) in [5, 5.41) is 25.0. The number of unbranched alkanes of at least 4 members (excludes halogenated alkanes) is 2. The van der Waals surface area contributed by atoms with Crippen LogP contribution in [0, 0.1) is 11.3 Å². The molecule has 0 fully saturated rings. The zero-order valence-electron chi connectivity index (χ0n) is 16.0. The summed E-state index contributed by atoms with van der Waals surface area (Å²) in [6, 6.07) is 11.4. The standard InChI is InChI=1S/C20H31N3O3/c1-20(2,3)26-19(25)23-17(14-16-10-6-4-7-11-16)18(24)15-22-13-9-5-8-12-21/h4,6-7,10-11,17-18,22,24H,5,8-9,13-15H2,1-3H3,(H,23,25)/t17-,18+/m0/s1. The van der Waals surface area contributed by atoms with Gasteiger partial charge in [-0.25, -0.2) is 4.79 Å². The molecule has 6 heteroatoms.